The van der Waals surface area contributed by atoms with Gasteiger partial charge in [0.2, 0.25) is 0 Å². The van der Waals surface area contributed by atoms with E-state index in [9.17, 15) is 8.78 Å². The fourth-order valence-corrected chi connectivity index (χ4v) is 1.79. The van der Waals surface area contributed by atoms with Crippen LogP contribution >= 0.6 is 12.4 Å². The van der Waals surface area contributed by atoms with Gasteiger partial charge in [-0.05, 0) is 18.2 Å². The van der Waals surface area contributed by atoms with E-state index in [1.54, 1.807) is 6.07 Å². The Morgan fingerprint density at radius 3 is 2.79 bits per heavy atom. The molecule has 0 amide bonds. The van der Waals surface area contributed by atoms with Crippen LogP contribution < -0.4 is 5.73 Å². The first kappa shape index (κ1) is 13.2. The number of pyridine rings is 1. The SMILES string of the molecule is Cl.Nc1n[nH]c2cnc(-c3cccc(F)c3F)cc12. The Morgan fingerprint density at radius 2 is 2.00 bits per heavy atom. The van der Waals surface area contributed by atoms with Crippen molar-refractivity contribution in [2.24, 2.45) is 0 Å². The van der Waals surface area contributed by atoms with Crippen LogP contribution in [0, 0.1) is 11.6 Å². The number of hydrogen-bond acceptors (Lipinski definition) is 3. The lowest BCUT2D eigenvalue weighted by atomic mass is 10.1. The molecule has 0 bridgehead atoms. The highest BCUT2D eigenvalue weighted by Crippen LogP contribution is 2.26. The lowest BCUT2D eigenvalue weighted by Gasteiger charge is -2.03. The molecule has 0 atom stereocenters. The fraction of sp³-hybridized carbons (Fsp3) is 0. The van der Waals surface area contributed by atoms with Crippen molar-refractivity contribution in [3.05, 3.63) is 42.1 Å². The Bertz CT molecular complexity index is 742. The van der Waals surface area contributed by atoms with Crippen LogP contribution in [0.3, 0.4) is 0 Å². The van der Waals surface area contributed by atoms with Crippen LogP contribution in [0.15, 0.2) is 30.5 Å². The summed E-state index contributed by atoms with van der Waals surface area (Å²) in [7, 11) is 0. The van der Waals surface area contributed by atoms with Gasteiger partial charge in [-0.3, -0.25) is 10.1 Å². The molecule has 0 radical (unpaired) electrons. The van der Waals surface area contributed by atoms with E-state index < -0.39 is 11.6 Å². The molecule has 19 heavy (non-hydrogen) atoms. The van der Waals surface area contributed by atoms with Crippen molar-refractivity contribution >= 4 is 29.1 Å². The van der Waals surface area contributed by atoms with Crippen molar-refractivity contribution in [3.63, 3.8) is 0 Å². The highest BCUT2D eigenvalue weighted by Gasteiger charge is 2.12. The molecular formula is C12H9ClF2N4. The number of nitrogens with zero attached hydrogens (tertiary/aromatic N) is 2. The third-order valence-corrected chi connectivity index (χ3v) is 2.70. The van der Waals surface area contributed by atoms with E-state index in [-0.39, 0.29) is 18.0 Å². The van der Waals surface area contributed by atoms with Crippen LogP contribution in [0.25, 0.3) is 22.2 Å². The molecule has 98 valence electrons. The molecule has 0 fully saturated rings. The number of aromatic amines is 1. The monoisotopic (exact) mass is 282 g/mol. The van der Waals surface area contributed by atoms with Gasteiger partial charge >= 0.3 is 0 Å². The van der Waals surface area contributed by atoms with Gasteiger partial charge in [0.25, 0.3) is 0 Å². The van der Waals surface area contributed by atoms with Gasteiger partial charge < -0.3 is 5.73 Å². The number of benzene rings is 1. The summed E-state index contributed by atoms with van der Waals surface area (Å²) < 4.78 is 26.8. The molecule has 0 aliphatic carbocycles. The Labute approximate surface area is 113 Å². The molecule has 3 N–H and O–H groups in total. The summed E-state index contributed by atoms with van der Waals surface area (Å²) in [4.78, 5) is 4.06. The number of hydrogen-bond donors (Lipinski definition) is 2. The number of fused-ring (bicyclic) bond motifs is 1. The number of H-pyrrole nitrogens is 1. The van der Waals surface area contributed by atoms with Crippen molar-refractivity contribution in [2.45, 2.75) is 0 Å². The van der Waals surface area contributed by atoms with E-state index in [1.165, 1.54) is 18.3 Å². The summed E-state index contributed by atoms with van der Waals surface area (Å²) in [6.07, 6.45) is 1.48. The molecule has 1 aromatic carbocycles. The van der Waals surface area contributed by atoms with E-state index >= 15 is 0 Å². The van der Waals surface area contributed by atoms with Crippen molar-refractivity contribution < 1.29 is 8.78 Å². The fourth-order valence-electron chi connectivity index (χ4n) is 1.79. The van der Waals surface area contributed by atoms with Gasteiger partial charge in [-0.15, -0.1) is 12.4 Å². The Morgan fingerprint density at radius 1 is 1.21 bits per heavy atom. The first-order valence-electron chi connectivity index (χ1n) is 5.21. The second kappa shape index (κ2) is 4.81. The van der Waals surface area contributed by atoms with Gasteiger partial charge in [-0.25, -0.2) is 8.78 Å². The van der Waals surface area contributed by atoms with Crippen molar-refractivity contribution in [1.82, 2.24) is 15.2 Å². The van der Waals surface area contributed by atoms with Gasteiger partial charge in [0.1, 0.15) is 0 Å². The molecular weight excluding hydrogens is 274 g/mol. The van der Waals surface area contributed by atoms with Gasteiger partial charge in [-0.2, -0.15) is 5.10 Å². The van der Waals surface area contributed by atoms with Gasteiger partial charge in [-0.1, -0.05) is 6.07 Å². The molecule has 2 aromatic heterocycles. The predicted octanol–water partition coefficient (Wildman–Crippen LogP) is 2.91. The molecule has 0 saturated heterocycles. The maximum Gasteiger partial charge on any atom is 0.168 e. The average molecular weight is 283 g/mol. The second-order valence-electron chi connectivity index (χ2n) is 3.83. The van der Waals surface area contributed by atoms with E-state index in [0.717, 1.165) is 6.07 Å². The summed E-state index contributed by atoms with van der Waals surface area (Å²) >= 11 is 0. The molecule has 0 aliphatic heterocycles. The number of aromatic nitrogens is 3. The van der Waals surface area contributed by atoms with Crippen LogP contribution in [0.5, 0.6) is 0 Å². The van der Waals surface area contributed by atoms with E-state index in [0.29, 0.717) is 22.4 Å². The summed E-state index contributed by atoms with van der Waals surface area (Å²) in [5.74, 6) is -1.54. The lowest BCUT2D eigenvalue weighted by Crippen LogP contribution is -1.92. The standard InChI is InChI=1S/C12H8F2N4.ClH/c13-8-3-1-2-6(11(8)14)9-4-7-10(5-16-9)17-18-12(7)15;/h1-5H,(H3,15,17,18);1H. The smallest absolute Gasteiger partial charge is 0.168 e. The lowest BCUT2D eigenvalue weighted by molar-refractivity contribution is 0.511. The minimum absolute atomic E-state index is 0. The zero-order valence-corrected chi connectivity index (χ0v) is 10.3. The van der Waals surface area contributed by atoms with Crippen LogP contribution in [-0.4, -0.2) is 15.2 Å². The third-order valence-electron chi connectivity index (χ3n) is 2.70. The minimum atomic E-state index is -0.925. The molecule has 7 heteroatoms. The van der Waals surface area contributed by atoms with Crippen LogP contribution in [0.1, 0.15) is 0 Å². The van der Waals surface area contributed by atoms with Gasteiger partial charge in [0, 0.05) is 10.9 Å². The van der Waals surface area contributed by atoms with Crippen LogP contribution in [-0.2, 0) is 0 Å². The predicted molar refractivity (Wildman–Crippen MR) is 70.9 cm³/mol. The highest BCUT2D eigenvalue weighted by atomic mass is 35.5. The number of nitrogens with one attached hydrogen (secondary N) is 1. The van der Waals surface area contributed by atoms with Crippen molar-refractivity contribution in [2.75, 3.05) is 5.73 Å². The Hall–Kier alpha value is -2.21. The largest absolute Gasteiger partial charge is 0.382 e. The number of nitrogen functional groups attached to an aromatic ring is 1. The van der Waals surface area contributed by atoms with Gasteiger partial charge in [0.05, 0.1) is 17.4 Å². The topological polar surface area (TPSA) is 67.6 Å². The molecule has 0 aliphatic rings. The first-order chi connectivity index (χ1) is 8.66. The quantitative estimate of drug-likeness (QED) is 0.721. The number of halogens is 3. The summed E-state index contributed by atoms with van der Waals surface area (Å²) in [5, 5.41) is 7.13. The summed E-state index contributed by atoms with van der Waals surface area (Å²) in [6, 6.07) is 5.52. The van der Waals surface area contributed by atoms with Crippen LogP contribution in [0.2, 0.25) is 0 Å². The molecule has 0 saturated carbocycles. The van der Waals surface area contributed by atoms with E-state index in [1.807, 2.05) is 0 Å². The summed E-state index contributed by atoms with van der Waals surface area (Å²) in [5.41, 5.74) is 6.71. The van der Waals surface area contributed by atoms with Crippen LogP contribution in [0.4, 0.5) is 14.6 Å². The van der Waals surface area contributed by atoms with Gasteiger partial charge in [0.15, 0.2) is 17.5 Å². The number of rotatable bonds is 1. The average Bonchev–Trinajstić information content (AvgIpc) is 2.74. The molecule has 3 rings (SSSR count). The molecule has 2 heterocycles. The second-order valence-corrected chi connectivity index (χ2v) is 3.83. The molecule has 3 aromatic rings. The van der Waals surface area contributed by atoms with E-state index in [2.05, 4.69) is 15.2 Å². The Kier molecular flexibility index (Phi) is 3.35. The third kappa shape index (κ3) is 2.10. The molecule has 0 spiro atoms. The number of anilines is 1. The normalized spacial score (nSPS) is 10.4. The number of nitrogens with two attached hydrogens (primary N) is 1. The zero-order valence-electron chi connectivity index (χ0n) is 9.52. The minimum Gasteiger partial charge on any atom is -0.382 e. The first-order valence-corrected chi connectivity index (χ1v) is 5.21. The Balaban J connectivity index is 0.00000133. The maximum atomic E-state index is 13.6. The highest BCUT2D eigenvalue weighted by molar-refractivity contribution is 5.90. The zero-order chi connectivity index (χ0) is 12.7. The van der Waals surface area contributed by atoms with Crippen molar-refractivity contribution in [1.29, 1.82) is 0 Å². The van der Waals surface area contributed by atoms with Crippen molar-refractivity contribution in [3.8, 4) is 11.3 Å². The summed E-state index contributed by atoms with van der Waals surface area (Å²) in [6.45, 7) is 0. The molecule has 4 nitrogen and oxygen atoms in total. The molecule has 0 unspecified atom stereocenters. The van der Waals surface area contributed by atoms with E-state index in [4.69, 9.17) is 5.73 Å². The maximum absolute atomic E-state index is 13.6.